The van der Waals surface area contributed by atoms with Gasteiger partial charge in [0.1, 0.15) is 0 Å². The minimum absolute atomic E-state index is 0.274. The predicted octanol–water partition coefficient (Wildman–Crippen LogP) is 2.30. The average Bonchev–Trinajstić information content (AvgIpc) is 2.76. The van der Waals surface area contributed by atoms with E-state index in [0.717, 1.165) is 37.1 Å². The van der Waals surface area contributed by atoms with Crippen LogP contribution >= 0.6 is 0 Å². The third-order valence-electron chi connectivity index (χ3n) is 3.42. The first-order valence-corrected chi connectivity index (χ1v) is 6.10. The molecule has 0 saturated carbocycles. The summed E-state index contributed by atoms with van der Waals surface area (Å²) in [7, 11) is 0. The summed E-state index contributed by atoms with van der Waals surface area (Å²) in [5, 5.41) is 9.91. The van der Waals surface area contributed by atoms with Crippen molar-refractivity contribution in [3.05, 3.63) is 53.6 Å². The zero-order valence-corrected chi connectivity index (χ0v) is 9.71. The monoisotopic (exact) mass is 228 g/mol. The molecule has 0 saturated heterocycles. The van der Waals surface area contributed by atoms with E-state index in [9.17, 15) is 5.11 Å². The maximum Gasteiger partial charge on any atom is 0.0807 e. The number of aliphatic hydroxyl groups excluding tert-OH is 1. The molecule has 0 bridgehead atoms. The number of hydrogen-bond donors (Lipinski definition) is 1. The second kappa shape index (κ2) is 4.34. The summed E-state index contributed by atoms with van der Waals surface area (Å²) in [4.78, 5) is 4.34. The van der Waals surface area contributed by atoms with E-state index in [1.807, 2.05) is 30.5 Å². The summed E-state index contributed by atoms with van der Waals surface area (Å²) in [6.45, 7) is 0.795. The second-order valence-corrected chi connectivity index (χ2v) is 4.57. The molecule has 0 fully saturated rings. The van der Waals surface area contributed by atoms with E-state index >= 15 is 0 Å². The van der Waals surface area contributed by atoms with Crippen molar-refractivity contribution in [3.63, 3.8) is 0 Å². The third-order valence-corrected chi connectivity index (χ3v) is 3.42. The predicted molar refractivity (Wildman–Crippen MR) is 65.7 cm³/mol. The Morgan fingerprint density at radius 3 is 3.12 bits per heavy atom. The molecule has 2 aromatic rings. The van der Waals surface area contributed by atoms with Crippen molar-refractivity contribution in [3.8, 4) is 0 Å². The van der Waals surface area contributed by atoms with Gasteiger partial charge in [-0.1, -0.05) is 6.07 Å². The van der Waals surface area contributed by atoms with Crippen LogP contribution in [0.3, 0.4) is 0 Å². The van der Waals surface area contributed by atoms with Crippen molar-refractivity contribution in [2.45, 2.75) is 31.9 Å². The maximum atomic E-state index is 9.91. The van der Waals surface area contributed by atoms with Crippen LogP contribution in [0.4, 0.5) is 0 Å². The quantitative estimate of drug-likeness (QED) is 0.856. The molecule has 88 valence electrons. The molecule has 3 heteroatoms. The van der Waals surface area contributed by atoms with Crippen molar-refractivity contribution in [2.75, 3.05) is 0 Å². The van der Waals surface area contributed by atoms with E-state index in [4.69, 9.17) is 0 Å². The van der Waals surface area contributed by atoms with Gasteiger partial charge in [0.15, 0.2) is 0 Å². The van der Waals surface area contributed by atoms with Crippen LogP contribution in [0.1, 0.15) is 35.9 Å². The zero-order valence-electron chi connectivity index (χ0n) is 9.71. The summed E-state index contributed by atoms with van der Waals surface area (Å²) in [5.41, 5.74) is 3.44. The standard InChI is InChI=1S/C14H16N2O/c17-14-6-3-5-13-12(14)7-9-16(13)10-11-4-1-2-8-15-11/h1-2,4,7-9,14,17H,3,5-6,10H2. The van der Waals surface area contributed by atoms with Crippen LogP contribution in [-0.2, 0) is 13.0 Å². The molecule has 1 unspecified atom stereocenters. The van der Waals surface area contributed by atoms with Gasteiger partial charge in [0, 0.05) is 23.7 Å². The number of nitrogens with zero attached hydrogens (tertiary/aromatic N) is 2. The smallest absolute Gasteiger partial charge is 0.0807 e. The molecule has 1 N–H and O–H groups in total. The van der Waals surface area contributed by atoms with E-state index in [1.165, 1.54) is 5.69 Å². The maximum absolute atomic E-state index is 9.91. The molecule has 1 aliphatic rings. The van der Waals surface area contributed by atoms with Gasteiger partial charge in [0.05, 0.1) is 18.3 Å². The van der Waals surface area contributed by atoms with E-state index < -0.39 is 0 Å². The topological polar surface area (TPSA) is 38.0 Å². The largest absolute Gasteiger partial charge is 0.388 e. The van der Waals surface area contributed by atoms with Crippen molar-refractivity contribution < 1.29 is 5.11 Å². The van der Waals surface area contributed by atoms with E-state index in [2.05, 4.69) is 15.7 Å². The van der Waals surface area contributed by atoms with Gasteiger partial charge in [0.2, 0.25) is 0 Å². The summed E-state index contributed by atoms with van der Waals surface area (Å²) < 4.78 is 2.21. The highest BCUT2D eigenvalue weighted by molar-refractivity contribution is 5.28. The number of rotatable bonds is 2. The molecule has 2 aromatic heterocycles. The number of pyridine rings is 1. The molecular formula is C14H16N2O. The Kier molecular flexibility index (Phi) is 2.69. The molecular weight excluding hydrogens is 212 g/mol. The van der Waals surface area contributed by atoms with Gasteiger partial charge in [-0.3, -0.25) is 4.98 Å². The summed E-state index contributed by atoms with van der Waals surface area (Å²) >= 11 is 0. The highest BCUT2D eigenvalue weighted by Crippen LogP contribution is 2.30. The van der Waals surface area contributed by atoms with Crippen molar-refractivity contribution in [2.24, 2.45) is 0 Å². The molecule has 0 radical (unpaired) electrons. The summed E-state index contributed by atoms with van der Waals surface area (Å²) in [5.74, 6) is 0. The molecule has 1 atom stereocenters. The van der Waals surface area contributed by atoms with Gasteiger partial charge >= 0.3 is 0 Å². The van der Waals surface area contributed by atoms with Gasteiger partial charge in [-0.2, -0.15) is 0 Å². The molecule has 17 heavy (non-hydrogen) atoms. The number of aliphatic hydroxyl groups is 1. The first-order valence-electron chi connectivity index (χ1n) is 6.10. The van der Waals surface area contributed by atoms with Crippen LogP contribution in [0.5, 0.6) is 0 Å². The Hall–Kier alpha value is -1.61. The first kappa shape index (κ1) is 10.5. The third kappa shape index (κ3) is 1.98. The Morgan fingerprint density at radius 2 is 2.29 bits per heavy atom. The lowest BCUT2D eigenvalue weighted by Gasteiger charge is -2.20. The highest BCUT2D eigenvalue weighted by Gasteiger charge is 2.20. The minimum atomic E-state index is -0.274. The van der Waals surface area contributed by atoms with E-state index in [0.29, 0.717) is 0 Å². The van der Waals surface area contributed by atoms with E-state index in [1.54, 1.807) is 0 Å². The lowest BCUT2D eigenvalue weighted by molar-refractivity contribution is 0.155. The molecule has 0 aliphatic heterocycles. The Labute approximate surface area is 101 Å². The van der Waals surface area contributed by atoms with Gasteiger partial charge in [-0.25, -0.2) is 0 Å². The van der Waals surface area contributed by atoms with Crippen LogP contribution in [0.2, 0.25) is 0 Å². The van der Waals surface area contributed by atoms with Crippen molar-refractivity contribution in [1.82, 2.24) is 9.55 Å². The summed E-state index contributed by atoms with van der Waals surface area (Å²) in [6.07, 6.45) is 6.63. The summed E-state index contributed by atoms with van der Waals surface area (Å²) in [6, 6.07) is 8.01. The molecule has 0 spiro atoms. The Balaban J connectivity index is 1.90. The number of hydrogen-bond acceptors (Lipinski definition) is 2. The minimum Gasteiger partial charge on any atom is -0.388 e. The molecule has 2 heterocycles. The van der Waals surface area contributed by atoms with Gasteiger partial charge in [-0.05, 0) is 37.5 Å². The normalized spacial score (nSPS) is 19.0. The first-order chi connectivity index (χ1) is 8.34. The highest BCUT2D eigenvalue weighted by atomic mass is 16.3. The fourth-order valence-corrected chi connectivity index (χ4v) is 2.55. The van der Waals surface area contributed by atoms with Crippen molar-refractivity contribution in [1.29, 1.82) is 0 Å². The van der Waals surface area contributed by atoms with Gasteiger partial charge < -0.3 is 9.67 Å². The van der Waals surface area contributed by atoms with E-state index in [-0.39, 0.29) is 6.10 Å². The Bertz CT molecular complexity index is 504. The van der Waals surface area contributed by atoms with Gasteiger partial charge in [-0.15, -0.1) is 0 Å². The van der Waals surface area contributed by atoms with Crippen LogP contribution in [0.15, 0.2) is 36.7 Å². The van der Waals surface area contributed by atoms with Crippen LogP contribution < -0.4 is 0 Å². The SMILES string of the molecule is OC1CCCc2c1ccn2Cc1ccccn1. The van der Waals surface area contributed by atoms with Crippen LogP contribution in [-0.4, -0.2) is 14.7 Å². The van der Waals surface area contributed by atoms with Crippen LogP contribution in [0, 0.1) is 0 Å². The fraction of sp³-hybridized carbons (Fsp3) is 0.357. The number of fused-ring (bicyclic) bond motifs is 1. The van der Waals surface area contributed by atoms with Crippen molar-refractivity contribution >= 4 is 0 Å². The average molecular weight is 228 g/mol. The Morgan fingerprint density at radius 1 is 1.35 bits per heavy atom. The second-order valence-electron chi connectivity index (χ2n) is 4.57. The molecule has 3 nitrogen and oxygen atoms in total. The molecule has 1 aliphatic carbocycles. The lowest BCUT2D eigenvalue weighted by atomic mass is 9.95. The van der Waals surface area contributed by atoms with Gasteiger partial charge in [0.25, 0.3) is 0 Å². The molecule has 0 amide bonds. The molecule has 3 rings (SSSR count). The number of aromatic nitrogens is 2. The lowest BCUT2D eigenvalue weighted by Crippen LogP contribution is -2.12. The van der Waals surface area contributed by atoms with Crippen LogP contribution in [0.25, 0.3) is 0 Å². The zero-order chi connectivity index (χ0) is 11.7. The molecule has 0 aromatic carbocycles. The fourth-order valence-electron chi connectivity index (χ4n) is 2.55.